The maximum atomic E-state index is 11.8. The molecule has 2 heterocycles. The minimum absolute atomic E-state index is 0.0762. The van der Waals surface area contributed by atoms with Gasteiger partial charge >= 0.3 is 5.97 Å². The van der Waals surface area contributed by atoms with E-state index in [-0.39, 0.29) is 19.0 Å². The van der Waals surface area contributed by atoms with Gasteiger partial charge in [0.1, 0.15) is 6.61 Å². The van der Waals surface area contributed by atoms with Gasteiger partial charge in [0.05, 0.1) is 22.9 Å². The molecule has 0 aliphatic heterocycles. The molecular weight excluding hydrogens is 326 g/mol. The summed E-state index contributed by atoms with van der Waals surface area (Å²) in [5.41, 5.74) is 1.19. The van der Waals surface area contributed by atoms with Crippen molar-refractivity contribution in [1.82, 2.24) is 10.1 Å². The third kappa shape index (κ3) is 3.86. The highest BCUT2D eigenvalue weighted by Crippen LogP contribution is 2.21. The summed E-state index contributed by atoms with van der Waals surface area (Å²) in [4.78, 5) is 17.0. The van der Waals surface area contributed by atoms with Crippen LogP contribution in [0.4, 0.5) is 0 Å². The second kappa shape index (κ2) is 7.53. The number of hydrogen-bond donors (Lipinski definition) is 0. The number of thiophene rings is 1. The predicted octanol–water partition coefficient (Wildman–Crippen LogP) is 3.35. The van der Waals surface area contributed by atoms with Crippen molar-refractivity contribution in [3.63, 3.8) is 0 Å². The molecule has 0 amide bonds. The Balaban J connectivity index is 1.50. The van der Waals surface area contributed by atoms with E-state index in [4.69, 9.17) is 14.5 Å². The number of nitrogens with zero attached hydrogens (tertiary/aromatic N) is 3. The van der Waals surface area contributed by atoms with E-state index in [9.17, 15) is 4.79 Å². The molecule has 2 aromatic heterocycles. The average molecular weight is 339 g/mol. The van der Waals surface area contributed by atoms with Crippen LogP contribution in [0.3, 0.4) is 0 Å². The number of carbonyl (C=O) groups excluding carboxylic acids is 1. The van der Waals surface area contributed by atoms with Gasteiger partial charge in [0.2, 0.25) is 11.7 Å². The van der Waals surface area contributed by atoms with Crippen LogP contribution in [0.25, 0.3) is 10.7 Å². The Morgan fingerprint density at radius 3 is 2.96 bits per heavy atom. The molecule has 0 saturated heterocycles. The highest BCUT2D eigenvalue weighted by Gasteiger charge is 2.12. The van der Waals surface area contributed by atoms with Gasteiger partial charge in [-0.05, 0) is 17.5 Å². The Bertz CT molecular complexity index is 865. The molecule has 3 aromatic rings. The SMILES string of the molecule is N#Cc1ccccc1COC(=O)CCc1nc(-c2cccs2)no1. The standard InChI is InChI=1S/C17H13N3O3S/c18-10-12-4-1-2-5-13(12)11-22-16(21)8-7-15-19-17(20-23-15)14-6-3-9-24-14/h1-6,9H,7-8,11H2. The Hall–Kier alpha value is -2.98. The largest absolute Gasteiger partial charge is 0.461 e. The van der Waals surface area contributed by atoms with Crippen molar-refractivity contribution in [3.05, 3.63) is 58.8 Å². The summed E-state index contributed by atoms with van der Waals surface area (Å²) in [7, 11) is 0. The lowest BCUT2D eigenvalue weighted by atomic mass is 10.1. The first kappa shape index (κ1) is 15.9. The van der Waals surface area contributed by atoms with Crippen molar-refractivity contribution < 1.29 is 14.1 Å². The summed E-state index contributed by atoms with van der Waals surface area (Å²) in [5, 5.41) is 14.8. The smallest absolute Gasteiger partial charge is 0.306 e. The minimum atomic E-state index is -0.376. The molecule has 0 aliphatic carbocycles. The number of rotatable bonds is 6. The fourth-order valence-corrected chi connectivity index (χ4v) is 2.71. The Labute approximate surface area is 142 Å². The molecule has 0 spiro atoms. The van der Waals surface area contributed by atoms with E-state index in [0.29, 0.717) is 29.3 Å². The highest BCUT2D eigenvalue weighted by atomic mass is 32.1. The molecule has 0 saturated carbocycles. The van der Waals surface area contributed by atoms with Gasteiger partial charge in [0.15, 0.2) is 0 Å². The van der Waals surface area contributed by atoms with Crippen LogP contribution in [-0.4, -0.2) is 16.1 Å². The fourth-order valence-electron chi connectivity index (χ4n) is 2.06. The number of esters is 1. The van der Waals surface area contributed by atoms with Crippen molar-refractivity contribution in [2.24, 2.45) is 0 Å². The van der Waals surface area contributed by atoms with Gasteiger partial charge in [-0.1, -0.05) is 29.4 Å². The maximum absolute atomic E-state index is 11.8. The predicted molar refractivity (Wildman–Crippen MR) is 86.9 cm³/mol. The van der Waals surface area contributed by atoms with Gasteiger partial charge in [-0.25, -0.2) is 0 Å². The topological polar surface area (TPSA) is 89.0 Å². The van der Waals surface area contributed by atoms with Crippen molar-refractivity contribution in [2.45, 2.75) is 19.4 Å². The molecule has 0 N–H and O–H groups in total. The minimum Gasteiger partial charge on any atom is -0.461 e. The maximum Gasteiger partial charge on any atom is 0.306 e. The lowest BCUT2D eigenvalue weighted by Gasteiger charge is -2.05. The van der Waals surface area contributed by atoms with E-state index < -0.39 is 0 Å². The van der Waals surface area contributed by atoms with Crippen LogP contribution in [0.15, 0.2) is 46.3 Å². The summed E-state index contributed by atoms with van der Waals surface area (Å²) in [6.45, 7) is 0.0762. The van der Waals surface area contributed by atoms with Crippen molar-refractivity contribution in [2.75, 3.05) is 0 Å². The van der Waals surface area contributed by atoms with Crippen LogP contribution in [-0.2, 0) is 22.6 Å². The second-order valence-electron chi connectivity index (χ2n) is 4.92. The van der Waals surface area contributed by atoms with E-state index >= 15 is 0 Å². The van der Waals surface area contributed by atoms with E-state index in [1.54, 1.807) is 24.3 Å². The van der Waals surface area contributed by atoms with Gasteiger partial charge in [0.25, 0.3) is 0 Å². The summed E-state index contributed by atoms with van der Waals surface area (Å²) >= 11 is 1.52. The van der Waals surface area contributed by atoms with E-state index in [2.05, 4.69) is 16.2 Å². The van der Waals surface area contributed by atoms with Crippen LogP contribution >= 0.6 is 11.3 Å². The summed E-state index contributed by atoms with van der Waals surface area (Å²) in [6.07, 6.45) is 0.456. The molecular formula is C17H13N3O3S. The van der Waals surface area contributed by atoms with Gasteiger partial charge in [-0.3, -0.25) is 4.79 Å². The first-order valence-electron chi connectivity index (χ1n) is 7.26. The number of ether oxygens (including phenoxy) is 1. The molecule has 0 atom stereocenters. The summed E-state index contributed by atoms with van der Waals surface area (Å²) in [6, 6.07) is 12.9. The molecule has 0 radical (unpaired) electrons. The van der Waals surface area contributed by atoms with Gasteiger partial charge in [0, 0.05) is 12.0 Å². The first-order chi connectivity index (χ1) is 11.8. The summed E-state index contributed by atoms with van der Waals surface area (Å²) < 4.78 is 10.3. The number of aryl methyl sites for hydroxylation is 1. The molecule has 0 aliphatic rings. The van der Waals surface area contributed by atoms with E-state index in [0.717, 1.165) is 4.88 Å². The number of carbonyl (C=O) groups is 1. The number of hydrogen-bond acceptors (Lipinski definition) is 7. The molecule has 0 fully saturated rings. The van der Waals surface area contributed by atoms with Crippen LogP contribution in [0.5, 0.6) is 0 Å². The zero-order valence-electron chi connectivity index (χ0n) is 12.6. The second-order valence-corrected chi connectivity index (χ2v) is 5.87. The molecule has 3 rings (SSSR count). The zero-order chi connectivity index (χ0) is 16.8. The Morgan fingerprint density at radius 2 is 2.17 bits per heavy atom. The molecule has 1 aromatic carbocycles. The normalized spacial score (nSPS) is 10.3. The zero-order valence-corrected chi connectivity index (χ0v) is 13.5. The van der Waals surface area contributed by atoms with Crippen LogP contribution in [0, 0.1) is 11.3 Å². The van der Waals surface area contributed by atoms with Gasteiger partial charge < -0.3 is 9.26 Å². The third-order valence-corrected chi connectivity index (χ3v) is 4.14. The van der Waals surface area contributed by atoms with E-state index in [1.165, 1.54) is 11.3 Å². The molecule has 7 heteroatoms. The lowest BCUT2D eigenvalue weighted by molar-refractivity contribution is -0.145. The number of aromatic nitrogens is 2. The molecule has 120 valence electrons. The van der Waals surface area contributed by atoms with Crippen molar-refractivity contribution in [3.8, 4) is 16.8 Å². The summed E-state index contributed by atoms with van der Waals surface area (Å²) in [5.74, 6) is 0.544. The monoisotopic (exact) mass is 339 g/mol. The van der Waals surface area contributed by atoms with E-state index in [1.807, 2.05) is 17.5 Å². The van der Waals surface area contributed by atoms with Gasteiger partial charge in [-0.2, -0.15) is 10.2 Å². The molecule has 0 bridgehead atoms. The van der Waals surface area contributed by atoms with Gasteiger partial charge in [-0.15, -0.1) is 11.3 Å². The van der Waals surface area contributed by atoms with Crippen LogP contribution in [0.1, 0.15) is 23.4 Å². The first-order valence-corrected chi connectivity index (χ1v) is 8.14. The molecule has 6 nitrogen and oxygen atoms in total. The van der Waals surface area contributed by atoms with Crippen molar-refractivity contribution >= 4 is 17.3 Å². The number of benzene rings is 1. The average Bonchev–Trinajstić information content (AvgIpc) is 3.29. The molecule has 24 heavy (non-hydrogen) atoms. The lowest BCUT2D eigenvalue weighted by Crippen LogP contribution is -2.07. The Morgan fingerprint density at radius 1 is 1.29 bits per heavy atom. The fraction of sp³-hybridized carbons (Fsp3) is 0.176. The quantitative estimate of drug-likeness (QED) is 0.640. The third-order valence-electron chi connectivity index (χ3n) is 3.28. The molecule has 0 unspecified atom stereocenters. The Kier molecular flexibility index (Phi) is 4.99. The number of nitriles is 1. The van der Waals surface area contributed by atoms with Crippen LogP contribution in [0.2, 0.25) is 0 Å². The van der Waals surface area contributed by atoms with Crippen LogP contribution < -0.4 is 0 Å². The highest BCUT2D eigenvalue weighted by molar-refractivity contribution is 7.13. The van der Waals surface area contributed by atoms with Crippen molar-refractivity contribution in [1.29, 1.82) is 5.26 Å².